The quantitative estimate of drug-likeness (QED) is 0.376. The lowest BCUT2D eigenvalue weighted by Gasteiger charge is -2.33. The van der Waals surface area contributed by atoms with Crippen LogP contribution in [0.4, 0.5) is 13.6 Å². The highest BCUT2D eigenvalue weighted by Crippen LogP contribution is 2.33. The third-order valence-corrected chi connectivity index (χ3v) is 5.36. The van der Waals surface area contributed by atoms with Gasteiger partial charge in [0.05, 0.1) is 28.0 Å². The zero-order valence-corrected chi connectivity index (χ0v) is 21.5. The summed E-state index contributed by atoms with van der Waals surface area (Å²) in [6.45, 7) is 11.5. The summed E-state index contributed by atoms with van der Waals surface area (Å²) in [6.07, 6.45) is 2.99. The molecule has 0 bridgehead atoms. The average molecular weight is 506 g/mol. The van der Waals surface area contributed by atoms with E-state index in [2.05, 4.69) is 15.3 Å². The van der Waals surface area contributed by atoms with E-state index < -0.39 is 28.9 Å². The van der Waals surface area contributed by atoms with Crippen molar-refractivity contribution in [3.63, 3.8) is 0 Å². The summed E-state index contributed by atoms with van der Waals surface area (Å²) < 4.78 is 39.5. The van der Waals surface area contributed by atoms with Gasteiger partial charge in [-0.15, -0.1) is 0 Å². The van der Waals surface area contributed by atoms with E-state index in [-0.39, 0.29) is 28.5 Å². The number of hydrogen-bond acceptors (Lipinski definition) is 5. The van der Waals surface area contributed by atoms with Crippen molar-refractivity contribution in [1.29, 1.82) is 0 Å². The van der Waals surface area contributed by atoms with Gasteiger partial charge in [0.25, 0.3) is 0 Å². The minimum atomic E-state index is -0.737. The summed E-state index contributed by atoms with van der Waals surface area (Å²) in [5.41, 5.74) is -0.368. The fraction of sp³-hybridized carbons (Fsp3) is 0.423. The Labute approximate surface area is 209 Å². The summed E-state index contributed by atoms with van der Waals surface area (Å²) in [5, 5.41) is 3.32. The van der Waals surface area contributed by atoms with Crippen molar-refractivity contribution in [2.45, 2.75) is 59.1 Å². The molecular formula is C26H30ClF2N3O3. The summed E-state index contributed by atoms with van der Waals surface area (Å²) >= 11 is 6.48. The molecule has 0 saturated heterocycles. The van der Waals surface area contributed by atoms with Crippen LogP contribution in [0.2, 0.25) is 5.02 Å². The van der Waals surface area contributed by atoms with Crippen molar-refractivity contribution in [2.75, 3.05) is 6.61 Å². The highest BCUT2D eigenvalue weighted by Gasteiger charge is 2.31. The SMILES string of the molecule is CC(C)C[C@@](C)(COc1cnc(-c2ccnc3cc(F)cc(F)c23)cc1Cl)NC(=O)OC(C)(C)C. The first-order valence-corrected chi connectivity index (χ1v) is 11.7. The van der Waals surface area contributed by atoms with Gasteiger partial charge in [-0.25, -0.2) is 13.6 Å². The van der Waals surface area contributed by atoms with E-state index in [1.807, 2.05) is 20.8 Å². The monoisotopic (exact) mass is 505 g/mol. The van der Waals surface area contributed by atoms with Gasteiger partial charge in [-0.3, -0.25) is 9.97 Å². The van der Waals surface area contributed by atoms with Crippen LogP contribution >= 0.6 is 11.6 Å². The topological polar surface area (TPSA) is 73.3 Å². The summed E-state index contributed by atoms with van der Waals surface area (Å²) in [7, 11) is 0. The number of fused-ring (bicyclic) bond motifs is 1. The van der Waals surface area contributed by atoms with Crippen LogP contribution < -0.4 is 10.1 Å². The Bertz CT molecular complexity index is 1230. The van der Waals surface area contributed by atoms with Crippen LogP contribution in [-0.2, 0) is 4.74 Å². The highest BCUT2D eigenvalue weighted by molar-refractivity contribution is 6.32. The molecule has 6 nitrogen and oxygen atoms in total. The van der Waals surface area contributed by atoms with E-state index in [0.29, 0.717) is 23.4 Å². The number of benzene rings is 1. The number of carbonyl (C=O) groups is 1. The van der Waals surface area contributed by atoms with Gasteiger partial charge in [-0.05, 0) is 52.2 Å². The highest BCUT2D eigenvalue weighted by atomic mass is 35.5. The maximum Gasteiger partial charge on any atom is 0.408 e. The fourth-order valence-corrected chi connectivity index (χ4v) is 4.13. The Morgan fingerprint density at radius 1 is 1.14 bits per heavy atom. The number of nitrogens with zero attached hydrogens (tertiary/aromatic N) is 2. The number of hydrogen-bond donors (Lipinski definition) is 1. The van der Waals surface area contributed by atoms with E-state index in [1.54, 1.807) is 32.9 Å². The van der Waals surface area contributed by atoms with Crippen LogP contribution in [0.3, 0.4) is 0 Å². The lowest BCUT2D eigenvalue weighted by Crippen LogP contribution is -2.52. The molecule has 0 saturated carbocycles. The van der Waals surface area contributed by atoms with Gasteiger partial charge in [-0.2, -0.15) is 0 Å². The van der Waals surface area contributed by atoms with Crippen molar-refractivity contribution in [3.8, 4) is 17.0 Å². The minimum absolute atomic E-state index is 0.122. The summed E-state index contributed by atoms with van der Waals surface area (Å²) in [5.74, 6) is -0.867. The second kappa shape index (κ2) is 10.3. The molecule has 0 fully saturated rings. The molecule has 3 aromatic rings. The molecule has 1 N–H and O–H groups in total. The van der Waals surface area contributed by atoms with Gasteiger partial charge < -0.3 is 14.8 Å². The first kappa shape index (κ1) is 26.6. The van der Waals surface area contributed by atoms with Crippen molar-refractivity contribution in [1.82, 2.24) is 15.3 Å². The zero-order valence-electron chi connectivity index (χ0n) is 20.7. The van der Waals surface area contributed by atoms with E-state index in [9.17, 15) is 13.6 Å². The number of nitrogens with one attached hydrogen (secondary N) is 1. The standard InChI is InChI=1S/C26H30ClF2N3O3/c1-15(2)12-26(6,32-24(33)35-25(3,4)5)14-34-22-13-31-20(11-18(22)27)17-7-8-30-21-10-16(28)9-19(29)23(17)21/h7-11,13,15H,12,14H2,1-6H3,(H,32,33)/t26-/m0/s1. The maximum absolute atomic E-state index is 14.5. The molecule has 3 rings (SSSR count). The lowest BCUT2D eigenvalue weighted by molar-refractivity contribution is 0.0408. The van der Waals surface area contributed by atoms with Crippen molar-refractivity contribution >= 4 is 28.6 Å². The van der Waals surface area contributed by atoms with E-state index >= 15 is 0 Å². The Morgan fingerprint density at radius 3 is 2.49 bits per heavy atom. The second-order valence-corrected chi connectivity index (χ2v) is 10.6. The number of alkyl carbamates (subject to hydrolysis) is 1. The van der Waals surface area contributed by atoms with Crippen molar-refractivity contribution in [3.05, 3.63) is 53.3 Å². The molecule has 0 unspecified atom stereocenters. The second-order valence-electron chi connectivity index (χ2n) is 10.2. The van der Waals surface area contributed by atoms with Crippen LogP contribution in [0.25, 0.3) is 22.2 Å². The Hall–Kier alpha value is -3.00. The molecule has 0 spiro atoms. The maximum atomic E-state index is 14.5. The predicted octanol–water partition coefficient (Wildman–Crippen LogP) is 6.94. The first-order valence-electron chi connectivity index (χ1n) is 11.3. The van der Waals surface area contributed by atoms with Crippen molar-refractivity contribution < 1.29 is 23.0 Å². The largest absolute Gasteiger partial charge is 0.488 e. The molecule has 2 aromatic heterocycles. The van der Waals surface area contributed by atoms with Gasteiger partial charge in [0.1, 0.15) is 23.8 Å². The molecule has 1 aromatic carbocycles. The lowest BCUT2D eigenvalue weighted by atomic mass is 9.91. The number of halogens is 3. The van der Waals surface area contributed by atoms with E-state index in [0.717, 1.165) is 12.1 Å². The molecule has 188 valence electrons. The Balaban J connectivity index is 1.83. The third kappa shape index (κ3) is 7.01. The predicted molar refractivity (Wildman–Crippen MR) is 133 cm³/mol. The van der Waals surface area contributed by atoms with E-state index in [4.69, 9.17) is 21.1 Å². The van der Waals surface area contributed by atoms with Gasteiger partial charge in [0.15, 0.2) is 5.75 Å². The molecule has 1 amide bonds. The molecule has 2 heterocycles. The van der Waals surface area contributed by atoms with Crippen LogP contribution in [-0.4, -0.2) is 33.8 Å². The molecule has 0 radical (unpaired) electrons. The molecule has 35 heavy (non-hydrogen) atoms. The molecular weight excluding hydrogens is 476 g/mol. The number of aromatic nitrogens is 2. The van der Waals surface area contributed by atoms with Crippen LogP contribution in [0, 0.1) is 17.6 Å². The molecule has 0 aliphatic heterocycles. The molecule has 0 aliphatic rings. The van der Waals surface area contributed by atoms with Gasteiger partial charge in [0, 0.05) is 29.3 Å². The smallest absolute Gasteiger partial charge is 0.408 e. The number of rotatable bonds is 7. The minimum Gasteiger partial charge on any atom is -0.488 e. The average Bonchev–Trinajstić information content (AvgIpc) is 2.70. The third-order valence-electron chi connectivity index (χ3n) is 5.06. The van der Waals surface area contributed by atoms with Gasteiger partial charge >= 0.3 is 6.09 Å². The zero-order chi connectivity index (χ0) is 26.0. The molecule has 1 atom stereocenters. The van der Waals surface area contributed by atoms with Crippen LogP contribution in [0.1, 0.15) is 48.0 Å². The Morgan fingerprint density at radius 2 is 1.86 bits per heavy atom. The summed E-state index contributed by atoms with van der Waals surface area (Å²) in [4.78, 5) is 20.8. The van der Waals surface area contributed by atoms with Gasteiger partial charge in [0.2, 0.25) is 0 Å². The molecule has 9 heteroatoms. The van der Waals surface area contributed by atoms with Crippen LogP contribution in [0.5, 0.6) is 5.75 Å². The number of pyridine rings is 2. The summed E-state index contributed by atoms with van der Waals surface area (Å²) in [6, 6.07) is 5.11. The van der Waals surface area contributed by atoms with Crippen molar-refractivity contribution in [2.24, 2.45) is 5.92 Å². The number of ether oxygens (including phenoxy) is 2. The van der Waals surface area contributed by atoms with E-state index in [1.165, 1.54) is 12.4 Å². The fourth-order valence-electron chi connectivity index (χ4n) is 3.92. The first-order chi connectivity index (χ1) is 16.3. The van der Waals surface area contributed by atoms with Crippen LogP contribution in [0.15, 0.2) is 36.7 Å². The number of carbonyl (C=O) groups excluding carboxylic acids is 1. The normalized spacial score (nSPS) is 13.5. The number of amides is 1. The van der Waals surface area contributed by atoms with Gasteiger partial charge in [-0.1, -0.05) is 25.4 Å². The molecule has 0 aliphatic carbocycles. The Kier molecular flexibility index (Phi) is 7.84.